The van der Waals surface area contributed by atoms with E-state index in [0.717, 1.165) is 11.3 Å². The lowest BCUT2D eigenvalue weighted by molar-refractivity contribution is 0.0689. The summed E-state index contributed by atoms with van der Waals surface area (Å²) in [7, 11) is 1.63. The van der Waals surface area contributed by atoms with Crippen LogP contribution in [-0.2, 0) is 17.8 Å². The molecule has 0 radical (unpaired) electrons. The highest BCUT2D eigenvalue weighted by atomic mass is 16.5. The zero-order valence-electron chi connectivity index (χ0n) is 10.8. The van der Waals surface area contributed by atoms with Gasteiger partial charge < -0.3 is 9.84 Å². The number of hydrogen-bond acceptors (Lipinski definition) is 4. The zero-order chi connectivity index (χ0) is 13.8. The smallest absolute Gasteiger partial charge is 0.358 e. The van der Waals surface area contributed by atoms with E-state index in [1.165, 1.54) is 0 Å². The Labute approximate surface area is 110 Å². The summed E-state index contributed by atoms with van der Waals surface area (Å²) in [4.78, 5) is 11.1. The summed E-state index contributed by atoms with van der Waals surface area (Å²) in [5.41, 5.74) is 2.36. The van der Waals surface area contributed by atoms with Crippen LogP contribution < -0.4 is 0 Å². The summed E-state index contributed by atoms with van der Waals surface area (Å²) < 4.78 is 6.64. The highest BCUT2D eigenvalue weighted by molar-refractivity contribution is 5.86. The third-order valence-electron chi connectivity index (χ3n) is 2.77. The first-order valence-electron chi connectivity index (χ1n) is 5.93. The molecule has 6 heteroatoms. The minimum Gasteiger partial charge on any atom is -0.476 e. The second kappa shape index (κ2) is 5.62. The van der Waals surface area contributed by atoms with Crippen molar-refractivity contribution in [2.75, 3.05) is 7.11 Å². The molecular formula is C13H15N3O3. The number of carboxylic acid groups (broad SMARTS) is 1. The molecule has 2 aromatic rings. The van der Waals surface area contributed by atoms with Crippen LogP contribution in [0.15, 0.2) is 24.3 Å². The molecule has 0 unspecified atom stereocenters. The monoisotopic (exact) mass is 261 g/mol. The molecule has 19 heavy (non-hydrogen) atoms. The Hall–Kier alpha value is -2.21. The van der Waals surface area contributed by atoms with Gasteiger partial charge in [-0.25, -0.2) is 9.48 Å². The fraction of sp³-hybridized carbons (Fsp3) is 0.308. The van der Waals surface area contributed by atoms with E-state index in [-0.39, 0.29) is 5.69 Å². The molecule has 0 fully saturated rings. The molecular weight excluding hydrogens is 246 g/mol. The fourth-order valence-corrected chi connectivity index (χ4v) is 1.94. The maximum absolute atomic E-state index is 11.1. The van der Waals surface area contributed by atoms with Gasteiger partial charge in [-0.15, -0.1) is 5.10 Å². The maximum atomic E-state index is 11.1. The van der Waals surface area contributed by atoms with Crippen molar-refractivity contribution in [2.24, 2.45) is 0 Å². The van der Waals surface area contributed by atoms with E-state index in [0.29, 0.717) is 18.7 Å². The molecule has 0 bridgehead atoms. The number of rotatable bonds is 5. The van der Waals surface area contributed by atoms with Crippen molar-refractivity contribution in [1.82, 2.24) is 15.0 Å². The summed E-state index contributed by atoms with van der Waals surface area (Å²) in [6, 6.07) is 7.58. The van der Waals surface area contributed by atoms with Gasteiger partial charge in [-0.3, -0.25) is 0 Å². The predicted octanol–water partition coefficient (Wildman–Crippen LogP) is 1.67. The van der Waals surface area contributed by atoms with Gasteiger partial charge in [0.15, 0.2) is 5.69 Å². The molecule has 0 saturated heterocycles. The second-order valence-corrected chi connectivity index (χ2v) is 4.06. The maximum Gasteiger partial charge on any atom is 0.358 e. The number of carboxylic acids is 1. The molecule has 2 rings (SSSR count). The van der Waals surface area contributed by atoms with E-state index in [1.54, 1.807) is 11.8 Å². The summed E-state index contributed by atoms with van der Waals surface area (Å²) in [6.45, 7) is 2.37. The predicted molar refractivity (Wildman–Crippen MR) is 68.4 cm³/mol. The minimum atomic E-state index is -1.06. The van der Waals surface area contributed by atoms with Crippen molar-refractivity contribution in [3.63, 3.8) is 0 Å². The van der Waals surface area contributed by atoms with Crippen LogP contribution in [0.2, 0.25) is 0 Å². The molecule has 1 heterocycles. The summed E-state index contributed by atoms with van der Waals surface area (Å²) >= 11 is 0. The summed E-state index contributed by atoms with van der Waals surface area (Å²) in [5.74, 6) is -1.06. The Morgan fingerprint density at radius 1 is 1.47 bits per heavy atom. The molecule has 100 valence electrons. The molecule has 0 saturated carbocycles. The lowest BCUT2D eigenvalue weighted by Gasteiger charge is -2.07. The summed E-state index contributed by atoms with van der Waals surface area (Å²) in [6.07, 6.45) is 0.545. The Bertz CT molecular complexity index is 593. The summed E-state index contributed by atoms with van der Waals surface area (Å²) in [5, 5.41) is 16.7. The number of benzene rings is 1. The fourth-order valence-electron chi connectivity index (χ4n) is 1.94. The molecule has 0 aliphatic heterocycles. The van der Waals surface area contributed by atoms with E-state index in [1.807, 2.05) is 31.2 Å². The van der Waals surface area contributed by atoms with Gasteiger partial charge in [-0.2, -0.15) is 0 Å². The van der Waals surface area contributed by atoms with Gasteiger partial charge >= 0.3 is 5.97 Å². The van der Waals surface area contributed by atoms with Gasteiger partial charge in [0.25, 0.3) is 0 Å². The molecule has 0 amide bonds. The number of aromatic carboxylic acids is 1. The number of ether oxygens (including phenoxy) is 1. The first-order chi connectivity index (χ1) is 9.17. The van der Waals surface area contributed by atoms with Crippen LogP contribution in [0.3, 0.4) is 0 Å². The van der Waals surface area contributed by atoms with Crippen molar-refractivity contribution in [2.45, 2.75) is 20.0 Å². The lowest BCUT2D eigenvalue weighted by atomic mass is 10.2. The highest BCUT2D eigenvalue weighted by Crippen LogP contribution is 2.15. The van der Waals surface area contributed by atoms with E-state index < -0.39 is 5.97 Å². The molecule has 6 nitrogen and oxygen atoms in total. The number of carbonyl (C=O) groups is 1. The van der Waals surface area contributed by atoms with E-state index in [9.17, 15) is 4.79 Å². The third kappa shape index (κ3) is 2.63. The molecule has 0 spiro atoms. The van der Waals surface area contributed by atoms with Crippen molar-refractivity contribution in [1.29, 1.82) is 0 Å². The quantitative estimate of drug-likeness (QED) is 0.886. The van der Waals surface area contributed by atoms with Crippen molar-refractivity contribution in [3.8, 4) is 5.69 Å². The molecule has 1 aromatic heterocycles. The molecule has 1 N–H and O–H groups in total. The van der Waals surface area contributed by atoms with Gasteiger partial charge in [-0.1, -0.05) is 24.3 Å². The number of nitrogens with zero attached hydrogens (tertiary/aromatic N) is 3. The van der Waals surface area contributed by atoms with Gasteiger partial charge in [0.05, 0.1) is 18.0 Å². The van der Waals surface area contributed by atoms with E-state index >= 15 is 0 Å². The zero-order valence-corrected chi connectivity index (χ0v) is 10.8. The Kier molecular flexibility index (Phi) is 3.91. The Balaban J connectivity index is 2.46. The van der Waals surface area contributed by atoms with E-state index in [4.69, 9.17) is 9.84 Å². The van der Waals surface area contributed by atoms with E-state index in [2.05, 4.69) is 10.3 Å². The first kappa shape index (κ1) is 13.2. The Morgan fingerprint density at radius 3 is 2.89 bits per heavy atom. The topological polar surface area (TPSA) is 77.2 Å². The van der Waals surface area contributed by atoms with Crippen LogP contribution in [0.5, 0.6) is 0 Å². The van der Waals surface area contributed by atoms with Gasteiger partial charge in [-0.05, 0) is 24.1 Å². The Morgan fingerprint density at radius 2 is 2.26 bits per heavy atom. The standard InChI is InChI=1S/C13H15N3O3/c1-3-11-12(13(17)18)14-15-16(11)10-6-4-5-9(7-10)8-19-2/h4-7H,3,8H2,1-2H3,(H,17,18). The van der Waals surface area contributed by atoms with Crippen LogP contribution in [0.25, 0.3) is 5.69 Å². The highest BCUT2D eigenvalue weighted by Gasteiger charge is 2.18. The lowest BCUT2D eigenvalue weighted by Crippen LogP contribution is -2.06. The third-order valence-corrected chi connectivity index (χ3v) is 2.77. The first-order valence-corrected chi connectivity index (χ1v) is 5.93. The van der Waals surface area contributed by atoms with Crippen LogP contribution >= 0.6 is 0 Å². The van der Waals surface area contributed by atoms with Gasteiger partial charge in [0.2, 0.25) is 0 Å². The number of hydrogen-bond donors (Lipinski definition) is 1. The SMILES string of the molecule is CCc1c(C(=O)O)nnn1-c1cccc(COC)c1. The van der Waals surface area contributed by atoms with Crippen molar-refractivity contribution >= 4 is 5.97 Å². The van der Waals surface area contributed by atoms with Gasteiger partial charge in [0.1, 0.15) is 0 Å². The van der Waals surface area contributed by atoms with Gasteiger partial charge in [0, 0.05) is 7.11 Å². The second-order valence-electron chi connectivity index (χ2n) is 4.06. The molecule has 1 aromatic carbocycles. The normalized spacial score (nSPS) is 10.6. The van der Waals surface area contributed by atoms with Crippen molar-refractivity contribution in [3.05, 3.63) is 41.2 Å². The van der Waals surface area contributed by atoms with Crippen LogP contribution in [0.1, 0.15) is 28.7 Å². The van der Waals surface area contributed by atoms with Crippen LogP contribution in [-0.4, -0.2) is 33.2 Å². The molecule has 0 aliphatic rings. The largest absolute Gasteiger partial charge is 0.476 e. The average Bonchev–Trinajstić information content (AvgIpc) is 2.83. The van der Waals surface area contributed by atoms with Crippen LogP contribution in [0, 0.1) is 0 Å². The molecule has 0 atom stereocenters. The number of methoxy groups -OCH3 is 1. The molecule has 0 aliphatic carbocycles. The average molecular weight is 261 g/mol. The minimum absolute atomic E-state index is 0.000329. The van der Waals surface area contributed by atoms with Crippen LogP contribution in [0.4, 0.5) is 0 Å². The van der Waals surface area contributed by atoms with Crippen molar-refractivity contribution < 1.29 is 14.6 Å². The number of aromatic nitrogens is 3.